The number of aliphatic hydroxyl groups is 1. The fourth-order valence-corrected chi connectivity index (χ4v) is 1.30. The molecule has 1 N–H and O–H groups in total. The van der Waals surface area contributed by atoms with Gasteiger partial charge in [0.1, 0.15) is 0 Å². The van der Waals surface area contributed by atoms with E-state index in [0.717, 1.165) is 12.0 Å². The summed E-state index contributed by atoms with van der Waals surface area (Å²) in [5.41, 5.74) is 2.47. The molecule has 0 saturated heterocycles. The fraction of sp³-hybridized carbons (Fsp3) is 0.462. The number of aliphatic hydroxyl groups excluding tert-OH is 1. The van der Waals surface area contributed by atoms with Crippen LogP contribution in [0.4, 0.5) is 0 Å². The van der Waals surface area contributed by atoms with Gasteiger partial charge in [-0.05, 0) is 23.5 Å². The Morgan fingerprint density at radius 2 is 1.93 bits per heavy atom. The number of hydrogen-bond donors (Lipinski definition) is 1. The molecule has 0 atom stereocenters. The molecule has 15 heavy (non-hydrogen) atoms. The Balaban J connectivity index is 2.53. The van der Waals surface area contributed by atoms with Gasteiger partial charge >= 0.3 is 0 Å². The van der Waals surface area contributed by atoms with Crippen LogP contribution in [0.3, 0.4) is 0 Å². The topological polar surface area (TPSA) is 32.6 Å². The highest BCUT2D eigenvalue weighted by Crippen LogP contribution is 2.13. The molecule has 82 valence electrons. The quantitative estimate of drug-likeness (QED) is 0.581. The second-order valence-electron chi connectivity index (χ2n) is 3.93. The Hall–Kier alpha value is -1.15. The largest absolute Gasteiger partial charge is 0.396 e. The van der Waals surface area contributed by atoms with Crippen LogP contribution in [0, 0.1) is 0 Å². The Labute approximate surface area is 91.7 Å². The van der Waals surface area contributed by atoms with Gasteiger partial charge in [-0.2, -0.15) is 0 Å². The number of aliphatic imine (C=N–C) groups is 1. The van der Waals surface area contributed by atoms with E-state index in [4.69, 9.17) is 5.11 Å². The molecule has 0 spiro atoms. The lowest BCUT2D eigenvalue weighted by Gasteiger charge is -2.04. The maximum atomic E-state index is 8.59. The van der Waals surface area contributed by atoms with E-state index in [-0.39, 0.29) is 6.61 Å². The SMILES string of the molecule is CC(C)c1ccc(C=NCCCO)cc1. The highest BCUT2D eigenvalue weighted by molar-refractivity contribution is 5.79. The zero-order valence-electron chi connectivity index (χ0n) is 9.48. The molecule has 0 aliphatic carbocycles. The first-order valence-corrected chi connectivity index (χ1v) is 5.44. The predicted molar refractivity (Wildman–Crippen MR) is 64.7 cm³/mol. The fourth-order valence-electron chi connectivity index (χ4n) is 1.30. The van der Waals surface area contributed by atoms with Crippen LogP contribution in [0.25, 0.3) is 0 Å². The van der Waals surface area contributed by atoms with Gasteiger partial charge in [0.2, 0.25) is 0 Å². The van der Waals surface area contributed by atoms with Crippen molar-refractivity contribution in [2.45, 2.75) is 26.2 Å². The minimum Gasteiger partial charge on any atom is -0.396 e. The van der Waals surface area contributed by atoms with Crippen LogP contribution in [0.5, 0.6) is 0 Å². The lowest BCUT2D eigenvalue weighted by atomic mass is 10.0. The first kappa shape index (κ1) is 11.9. The van der Waals surface area contributed by atoms with Crippen LogP contribution in [0.15, 0.2) is 29.3 Å². The summed E-state index contributed by atoms with van der Waals surface area (Å²) in [4.78, 5) is 4.22. The smallest absolute Gasteiger partial charge is 0.0448 e. The average molecular weight is 205 g/mol. The Bertz CT molecular complexity index is 301. The maximum absolute atomic E-state index is 8.59. The minimum atomic E-state index is 0.212. The van der Waals surface area contributed by atoms with E-state index >= 15 is 0 Å². The molecular weight excluding hydrogens is 186 g/mol. The number of hydrogen-bond acceptors (Lipinski definition) is 2. The summed E-state index contributed by atoms with van der Waals surface area (Å²) in [7, 11) is 0. The molecule has 2 nitrogen and oxygen atoms in total. The van der Waals surface area contributed by atoms with Gasteiger partial charge in [0.05, 0.1) is 0 Å². The molecule has 0 unspecified atom stereocenters. The van der Waals surface area contributed by atoms with Crippen LogP contribution in [0.1, 0.15) is 37.3 Å². The van der Waals surface area contributed by atoms with Crippen molar-refractivity contribution < 1.29 is 5.11 Å². The molecule has 0 bridgehead atoms. The Morgan fingerprint density at radius 3 is 2.47 bits per heavy atom. The van der Waals surface area contributed by atoms with Crippen LogP contribution >= 0.6 is 0 Å². The summed E-state index contributed by atoms with van der Waals surface area (Å²) in [6.07, 6.45) is 2.60. The molecule has 0 radical (unpaired) electrons. The molecule has 0 aliphatic heterocycles. The molecule has 0 fully saturated rings. The highest BCUT2D eigenvalue weighted by Gasteiger charge is 1.96. The van der Waals surface area contributed by atoms with E-state index < -0.39 is 0 Å². The third kappa shape index (κ3) is 4.26. The zero-order valence-corrected chi connectivity index (χ0v) is 9.48. The highest BCUT2D eigenvalue weighted by atomic mass is 16.2. The lowest BCUT2D eigenvalue weighted by Crippen LogP contribution is -1.90. The first-order chi connectivity index (χ1) is 7.24. The van der Waals surface area contributed by atoms with Crippen LogP contribution in [-0.4, -0.2) is 24.5 Å². The van der Waals surface area contributed by atoms with E-state index in [0.29, 0.717) is 12.5 Å². The Kier molecular flexibility index (Phi) is 5.05. The second kappa shape index (κ2) is 6.36. The van der Waals surface area contributed by atoms with Gasteiger partial charge < -0.3 is 5.11 Å². The molecule has 0 heterocycles. The van der Waals surface area contributed by atoms with Crippen LogP contribution < -0.4 is 0 Å². The van der Waals surface area contributed by atoms with Crippen molar-refractivity contribution in [1.82, 2.24) is 0 Å². The summed E-state index contributed by atoms with van der Waals surface area (Å²) >= 11 is 0. The molecule has 2 heteroatoms. The average Bonchev–Trinajstić information content (AvgIpc) is 2.25. The third-order valence-electron chi connectivity index (χ3n) is 2.29. The predicted octanol–water partition coefficient (Wildman–Crippen LogP) is 2.61. The van der Waals surface area contributed by atoms with Crippen molar-refractivity contribution in [1.29, 1.82) is 0 Å². The van der Waals surface area contributed by atoms with E-state index in [9.17, 15) is 0 Å². The van der Waals surface area contributed by atoms with Crippen molar-refractivity contribution in [3.63, 3.8) is 0 Å². The van der Waals surface area contributed by atoms with Crippen LogP contribution in [-0.2, 0) is 0 Å². The van der Waals surface area contributed by atoms with E-state index in [1.165, 1.54) is 5.56 Å². The molecule has 1 rings (SSSR count). The second-order valence-corrected chi connectivity index (χ2v) is 3.93. The molecule has 1 aromatic rings. The molecular formula is C13H19NO. The minimum absolute atomic E-state index is 0.212. The van der Waals surface area contributed by atoms with Gasteiger partial charge in [-0.3, -0.25) is 4.99 Å². The normalized spacial score (nSPS) is 11.5. The molecule has 1 aromatic carbocycles. The van der Waals surface area contributed by atoms with E-state index in [1.54, 1.807) is 0 Å². The summed E-state index contributed by atoms with van der Waals surface area (Å²) in [5.74, 6) is 0.574. The van der Waals surface area contributed by atoms with Crippen molar-refractivity contribution in [3.8, 4) is 0 Å². The molecule has 0 saturated carbocycles. The van der Waals surface area contributed by atoms with Crippen molar-refractivity contribution in [2.24, 2.45) is 4.99 Å². The van der Waals surface area contributed by atoms with Crippen molar-refractivity contribution in [3.05, 3.63) is 35.4 Å². The van der Waals surface area contributed by atoms with Crippen molar-refractivity contribution in [2.75, 3.05) is 13.2 Å². The van der Waals surface area contributed by atoms with Gasteiger partial charge in [-0.1, -0.05) is 38.1 Å². The molecule has 0 aromatic heterocycles. The molecule has 0 amide bonds. The van der Waals surface area contributed by atoms with Gasteiger partial charge in [0.25, 0.3) is 0 Å². The van der Waals surface area contributed by atoms with Gasteiger partial charge in [-0.25, -0.2) is 0 Å². The van der Waals surface area contributed by atoms with Gasteiger partial charge in [0, 0.05) is 19.4 Å². The van der Waals surface area contributed by atoms with Crippen molar-refractivity contribution >= 4 is 6.21 Å². The number of nitrogens with zero attached hydrogens (tertiary/aromatic N) is 1. The summed E-state index contributed by atoms with van der Waals surface area (Å²) in [6, 6.07) is 8.44. The summed E-state index contributed by atoms with van der Waals surface area (Å²) < 4.78 is 0. The number of benzene rings is 1. The summed E-state index contributed by atoms with van der Waals surface area (Å²) in [5, 5.41) is 8.59. The number of rotatable bonds is 5. The van der Waals surface area contributed by atoms with Gasteiger partial charge in [-0.15, -0.1) is 0 Å². The van der Waals surface area contributed by atoms with Crippen LogP contribution in [0.2, 0.25) is 0 Å². The lowest BCUT2D eigenvalue weighted by molar-refractivity contribution is 0.291. The molecule has 0 aliphatic rings. The van der Waals surface area contributed by atoms with E-state index in [2.05, 4.69) is 43.1 Å². The third-order valence-corrected chi connectivity index (χ3v) is 2.29. The maximum Gasteiger partial charge on any atom is 0.0448 e. The summed E-state index contributed by atoms with van der Waals surface area (Å²) in [6.45, 7) is 5.28. The zero-order chi connectivity index (χ0) is 11.1. The van der Waals surface area contributed by atoms with E-state index in [1.807, 2.05) is 6.21 Å². The van der Waals surface area contributed by atoms with Gasteiger partial charge in [0.15, 0.2) is 0 Å². The first-order valence-electron chi connectivity index (χ1n) is 5.44. The monoisotopic (exact) mass is 205 g/mol. The Morgan fingerprint density at radius 1 is 1.27 bits per heavy atom. The standard InChI is InChI=1S/C13H19NO/c1-11(2)13-6-4-12(5-7-13)10-14-8-3-9-15/h4-7,10-11,15H,3,8-9H2,1-2H3.